The first-order chi connectivity index (χ1) is 41.9. The fourth-order valence-corrected chi connectivity index (χ4v) is 11.8. The molecule has 5 atom stereocenters. The molecule has 0 saturated heterocycles. The number of carbonyl (C=O) groups excluding carboxylic acids is 4. The van der Waals surface area contributed by atoms with Gasteiger partial charge in [-0.1, -0.05) is 292 Å². The molecular formula is C68H132O17P2. The smallest absolute Gasteiger partial charge is 0.462 e. The number of hydrogen-bond donors (Lipinski definition) is 3. The van der Waals surface area contributed by atoms with E-state index in [1.165, 1.54) is 141 Å². The van der Waals surface area contributed by atoms with Crippen LogP contribution in [0, 0.1) is 11.8 Å². The molecule has 0 aliphatic rings. The zero-order valence-electron chi connectivity index (χ0n) is 56.3. The lowest BCUT2D eigenvalue weighted by Gasteiger charge is -2.21. The van der Waals surface area contributed by atoms with E-state index in [9.17, 15) is 43.2 Å². The van der Waals surface area contributed by atoms with Crippen LogP contribution in [-0.4, -0.2) is 96.7 Å². The molecule has 0 heterocycles. The Labute approximate surface area is 530 Å². The molecule has 87 heavy (non-hydrogen) atoms. The Hall–Kier alpha value is -1.94. The van der Waals surface area contributed by atoms with Crippen molar-refractivity contribution < 1.29 is 80.2 Å². The van der Waals surface area contributed by atoms with Crippen LogP contribution >= 0.6 is 15.6 Å². The summed E-state index contributed by atoms with van der Waals surface area (Å²) < 4.78 is 68.0. The van der Waals surface area contributed by atoms with Gasteiger partial charge < -0.3 is 33.8 Å². The number of carbonyl (C=O) groups is 4. The van der Waals surface area contributed by atoms with Crippen LogP contribution in [0.15, 0.2) is 0 Å². The van der Waals surface area contributed by atoms with Crippen LogP contribution in [0.1, 0.15) is 343 Å². The van der Waals surface area contributed by atoms with Crippen LogP contribution in [0.3, 0.4) is 0 Å². The highest BCUT2D eigenvalue weighted by atomic mass is 31.2. The maximum Gasteiger partial charge on any atom is 0.472 e. The number of unbranched alkanes of at least 4 members (excludes halogenated alkanes) is 37. The second kappa shape index (κ2) is 60.3. The lowest BCUT2D eigenvalue weighted by atomic mass is 10.0. The summed E-state index contributed by atoms with van der Waals surface area (Å²) in [4.78, 5) is 72.2. The third kappa shape index (κ3) is 62.6. The third-order valence-corrected chi connectivity index (χ3v) is 17.6. The molecule has 0 saturated carbocycles. The molecule has 0 bridgehead atoms. The van der Waals surface area contributed by atoms with E-state index < -0.39 is 97.5 Å². The van der Waals surface area contributed by atoms with Crippen molar-refractivity contribution in [3.05, 3.63) is 0 Å². The van der Waals surface area contributed by atoms with Gasteiger partial charge in [0.25, 0.3) is 0 Å². The summed E-state index contributed by atoms with van der Waals surface area (Å²) in [5.74, 6) is -0.765. The SMILES string of the molecule is CCCCCCCCCCCCCCCCCCCCCCCC(=O)O[C@H](COC(=O)CCCCCCCCCC(C)C)COP(=O)(O)OC[C@@H](O)COP(=O)(O)OC[C@@H](COC(=O)CCCCCCCCC)OC(=O)CCCCCCCCC(C)C. The summed E-state index contributed by atoms with van der Waals surface area (Å²) in [5.41, 5.74) is 0. The summed E-state index contributed by atoms with van der Waals surface area (Å²) >= 11 is 0. The summed E-state index contributed by atoms with van der Waals surface area (Å²) in [7, 11) is -9.89. The average Bonchev–Trinajstić information content (AvgIpc) is 3.69. The molecule has 0 aliphatic carbocycles. The average molecular weight is 1280 g/mol. The van der Waals surface area contributed by atoms with E-state index in [0.717, 1.165) is 109 Å². The molecule has 0 spiro atoms. The van der Waals surface area contributed by atoms with Gasteiger partial charge >= 0.3 is 39.5 Å². The zero-order valence-corrected chi connectivity index (χ0v) is 58.1. The highest BCUT2D eigenvalue weighted by Gasteiger charge is 2.30. The van der Waals surface area contributed by atoms with Gasteiger partial charge in [-0.2, -0.15) is 0 Å². The zero-order chi connectivity index (χ0) is 64.3. The molecular weight excluding hydrogens is 1150 g/mol. The predicted octanol–water partition coefficient (Wildman–Crippen LogP) is 19.2. The van der Waals surface area contributed by atoms with Gasteiger partial charge in [0.2, 0.25) is 0 Å². The Morgan fingerprint density at radius 2 is 0.529 bits per heavy atom. The third-order valence-electron chi connectivity index (χ3n) is 15.7. The number of ether oxygens (including phenoxy) is 4. The van der Waals surface area contributed by atoms with Gasteiger partial charge in [0, 0.05) is 25.7 Å². The summed E-state index contributed by atoms with van der Waals surface area (Å²) in [6, 6.07) is 0. The number of esters is 4. The minimum Gasteiger partial charge on any atom is -0.462 e. The summed E-state index contributed by atoms with van der Waals surface area (Å²) in [6.07, 6.45) is 45.1. The Kier molecular flexibility index (Phi) is 59.0. The van der Waals surface area contributed by atoms with E-state index in [-0.39, 0.29) is 25.7 Å². The first kappa shape index (κ1) is 85.1. The fraction of sp³-hybridized carbons (Fsp3) is 0.941. The van der Waals surface area contributed by atoms with Gasteiger partial charge in [0.15, 0.2) is 12.2 Å². The van der Waals surface area contributed by atoms with E-state index >= 15 is 0 Å². The first-order valence-electron chi connectivity index (χ1n) is 35.5. The topological polar surface area (TPSA) is 237 Å². The highest BCUT2D eigenvalue weighted by Crippen LogP contribution is 2.45. The summed E-state index contributed by atoms with van der Waals surface area (Å²) in [6.45, 7) is 9.33. The number of aliphatic hydroxyl groups excluding tert-OH is 1. The monoisotopic (exact) mass is 1280 g/mol. The molecule has 516 valence electrons. The normalized spacial score (nSPS) is 14.2. The van der Waals surface area contributed by atoms with Gasteiger partial charge in [-0.15, -0.1) is 0 Å². The number of hydrogen-bond acceptors (Lipinski definition) is 15. The molecule has 2 unspecified atom stereocenters. The molecule has 0 radical (unpaired) electrons. The second-order valence-corrected chi connectivity index (χ2v) is 28.4. The molecule has 0 aromatic heterocycles. The van der Waals surface area contributed by atoms with E-state index in [1.54, 1.807) is 0 Å². The van der Waals surface area contributed by atoms with Crippen molar-refractivity contribution in [1.29, 1.82) is 0 Å². The Morgan fingerprint density at radius 1 is 0.310 bits per heavy atom. The molecule has 0 aromatic carbocycles. The van der Waals surface area contributed by atoms with Crippen LogP contribution in [0.5, 0.6) is 0 Å². The van der Waals surface area contributed by atoms with Crippen LogP contribution in [0.4, 0.5) is 0 Å². The fourth-order valence-electron chi connectivity index (χ4n) is 10.2. The molecule has 3 N–H and O–H groups in total. The van der Waals surface area contributed by atoms with Gasteiger partial charge in [-0.05, 0) is 37.5 Å². The van der Waals surface area contributed by atoms with Crippen LogP contribution < -0.4 is 0 Å². The molecule has 17 nitrogen and oxygen atoms in total. The van der Waals surface area contributed by atoms with Crippen molar-refractivity contribution in [2.45, 2.75) is 362 Å². The van der Waals surface area contributed by atoms with Crippen LogP contribution in [-0.2, 0) is 65.4 Å². The van der Waals surface area contributed by atoms with Gasteiger partial charge in [-0.25, -0.2) is 9.13 Å². The number of rotatable bonds is 67. The van der Waals surface area contributed by atoms with Gasteiger partial charge in [-0.3, -0.25) is 37.3 Å². The molecule has 0 amide bonds. The largest absolute Gasteiger partial charge is 0.472 e. The second-order valence-electron chi connectivity index (χ2n) is 25.5. The maximum absolute atomic E-state index is 13.0. The van der Waals surface area contributed by atoms with Gasteiger partial charge in [0.1, 0.15) is 19.3 Å². The lowest BCUT2D eigenvalue weighted by molar-refractivity contribution is -0.161. The summed E-state index contributed by atoms with van der Waals surface area (Å²) in [5, 5.41) is 10.5. The van der Waals surface area contributed by atoms with E-state index in [1.807, 2.05) is 0 Å². The van der Waals surface area contributed by atoms with Crippen molar-refractivity contribution in [2.75, 3.05) is 39.6 Å². The lowest BCUT2D eigenvalue weighted by Crippen LogP contribution is -2.30. The molecule has 19 heteroatoms. The Bertz CT molecular complexity index is 1700. The molecule has 0 rings (SSSR count). The van der Waals surface area contributed by atoms with Crippen molar-refractivity contribution >= 4 is 39.5 Å². The van der Waals surface area contributed by atoms with Crippen molar-refractivity contribution in [1.82, 2.24) is 0 Å². The Balaban J connectivity index is 5.10. The van der Waals surface area contributed by atoms with E-state index in [0.29, 0.717) is 37.5 Å². The molecule has 0 aliphatic heterocycles. The number of phosphoric ester groups is 2. The predicted molar refractivity (Wildman–Crippen MR) is 349 cm³/mol. The molecule has 0 aromatic rings. The minimum atomic E-state index is -4.95. The van der Waals surface area contributed by atoms with Crippen molar-refractivity contribution in [2.24, 2.45) is 11.8 Å². The maximum atomic E-state index is 13.0. The van der Waals surface area contributed by atoms with Crippen LogP contribution in [0.2, 0.25) is 0 Å². The van der Waals surface area contributed by atoms with E-state index in [2.05, 4.69) is 41.5 Å². The first-order valence-corrected chi connectivity index (χ1v) is 38.5. The quantitative estimate of drug-likeness (QED) is 0.0222. The van der Waals surface area contributed by atoms with Crippen molar-refractivity contribution in [3.63, 3.8) is 0 Å². The minimum absolute atomic E-state index is 0.102. The number of aliphatic hydroxyl groups is 1. The van der Waals surface area contributed by atoms with Crippen LogP contribution in [0.25, 0.3) is 0 Å². The standard InChI is InChI=1S/C68H132O17P2/c1-7-9-11-13-15-16-17-18-19-20-21-22-23-24-25-26-27-28-32-40-46-52-67(72)84-63(57-79-66(71)51-45-39-33-29-31-36-42-48-60(3)4)58-82-86(74,75)80-54-62(69)55-81-87(76,77)83-59-64(56-78-65(70)50-44-38-30-14-12-10-8-2)85-68(73)53-47-41-35-34-37-43-49-61(5)6/h60-64,69H,7-59H2,1-6H3,(H,74,75)(H,76,77)/t62-,63-,64-/m1/s1. The van der Waals surface area contributed by atoms with Gasteiger partial charge in [0.05, 0.1) is 26.4 Å². The highest BCUT2D eigenvalue weighted by molar-refractivity contribution is 7.47. The van der Waals surface area contributed by atoms with E-state index in [4.69, 9.17) is 37.0 Å². The molecule has 0 fully saturated rings. The Morgan fingerprint density at radius 3 is 0.782 bits per heavy atom. The number of phosphoric acid groups is 2. The van der Waals surface area contributed by atoms with Crippen molar-refractivity contribution in [3.8, 4) is 0 Å².